The molecule has 1 fully saturated rings. The summed E-state index contributed by atoms with van der Waals surface area (Å²) in [7, 11) is 0. The van der Waals surface area contributed by atoms with Crippen molar-refractivity contribution in [2.24, 2.45) is 0 Å². The summed E-state index contributed by atoms with van der Waals surface area (Å²) in [6.07, 6.45) is 0.242. The van der Waals surface area contributed by atoms with E-state index in [4.69, 9.17) is 4.42 Å². The van der Waals surface area contributed by atoms with Crippen LogP contribution in [-0.2, 0) is 0 Å². The molecule has 1 aliphatic heterocycles. The predicted molar refractivity (Wildman–Crippen MR) is 67.5 cm³/mol. The van der Waals surface area contributed by atoms with Gasteiger partial charge in [-0.05, 0) is 31.5 Å². The lowest BCUT2D eigenvalue weighted by Gasteiger charge is -2.12. The van der Waals surface area contributed by atoms with Crippen LogP contribution in [0.1, 0.15) is 22.5 Å². The highest BCUT2D eigenvalue weighted by Crippen LogP contribution is 2.23. The second kappa shape index (κ2) is 4.14. The Labute approximate surface area is 105 Å². The highest BCUT2D eigenvalue weighted by atomic mass is 16.3. The zero-order valence-electron chi connectivity index (χ0n) is 10.2. The Morgan fingerprint density at radius 3 is 3.00 bits per heavy atom. The highest BCUT2D eigenvalue weighted by molar-refractivity contribution is 5.96. The number of carbonyl (C=O) groups excluding carboxylic acids is 1. The number of hydrogen-bond acceptors (Lipinski definition) is 3. The second-order valence-corrected chi connectivity index (χ2v) is 4.85. The molecule has 1 N–H and O–H groups in total. The quantitative estimate of drug-likeness (QED) is 0.835. The fourth-order valence-corrected chi connectivity index (χ4v) is 2.35. The first-order chi connectivity index (χ1) is 8.63. The minimum atomic E-state index is -0.402. The van der Waals surface area contributed by atoms with Gasteiger partial charge in [0.05, 0.1) is 6.10 Å². The van der Waals surface area contributed by atoms with Gasteiger partial charge in [0.1, 0.15) is 5.58 Å². The number of furan rings is 1. The third-order valence-corrected chi connectivity index (χ3v) is 3.33. The molecule has 0 saturated carbocycles. The number of hydrogen-bond donors (Lipinski definition) is 1. The molecule has 2 aromatic rings. The molecule has 1 saturated heterocycles. The van der Waals surface area contributed by atoms with E-state index in [0.29, 0.717) is 25.3 Å². The molecule has 1 atom stereocenters. The van der Waals surface area contributed by atoms with Gasteiger partial charge in [-0.1, -0.05) is 11.6 Å². The molecule has 1 aromatic carbocycles. The van der Waals surface area contributed by atoms with E-state index in [9.17, 15) is 9.90 Å². The van der Waals surface area contributed by atoms with E-state index in [0.717, 1.165) is 16.5 Å². The average molecular weight is 245 g/mol. The zero-order chi connectivity index (χ0) is 12.7. The number of aryl methyl sites for hydroxylation is 1. The Balaban J connectivity index is 1.92. The number of aliphatic hydroxyl groups is 1. The molecule has 2 heterocycles. The van der Waals surface area contributed by atoms with Crippen LogP contribution >= 0.6 is 0 Å². The van der Waals surface area contributed by atoms with Gasteiger partial charge in [0.2, 0.25) is 0 Å². The Morgan fingerprint density at radius 2 is 2.28 bits per heavy atom. The maximum atomic E-state index is 12.2. The number of carbonyl (C=O) groups is 1. The Morgan fingerprint density at radius 1 is 1.44 bits per heavy atom. The van der Waals surface area contributed by atoms with E-state index < -0.39 is 6.10 Å². The lowest BCUT2D eigenvalue weighted by molar-refractivity contribution is 0.0736. The number of amides is 1. The van der Waals surface area contributed by atoms with E-state index in [-0.39, 0.29) is 5.91 Å². The Hall–Kier alpha value is -1.81. The normalized spacial score (nSPS) is 19.7. The van der Waals surface area contributed by atoms with Gasteiger partial charge in [-0.15, -0.1) is 0 Å². The van der Waals surface area contributed by atoms with Gasteiger partial charge in [-0.3, -0.25) is 4.79 Å². The van der Waals surface area contributed by atoms with Gasteiger partial charge >= 0.3 is 0 Å². The molecular formula is C14H15NO3. The topological polar surface area (TPSA) is 53.7 Å². The molecule has 3 rings (SSSR count). The van der Waals surface area contributed by atoms with E-state index in [1.54, 1.807) is 11.0 Å². The Kier molecular flexibility index (Phi) is 2.59. The summed E-state index contributed by atoms with van der Waals surface area (Å²) in [4.78, 5) is 13.8. The highest BCUT2D eigenvalue weighted by Gasteiger charge is 2.27. The van der Waals surface area contributed by atoms with Crippen molar-refractivity contribution in [1.82, 2.24) is 4.90 Å². The van der Waals surface area contributed by atoms with Crippen LogP contribution < -0.4 is 0 Å². The molecular weight excluding hydrogens is 230 g/mol. The van der Waals surface area contributed by atoms with E-state index in [1.165, 1.54) is 0 Å². The van der Waals surface area contributed by atoms with Crippen molar-refractivity contribution in [3.8, 4) is 0 Å². The van der Waals surface area contributed by atoms with E-state index >= 15 is 0 Å². The zero-order valence-corrected chi connectivity index (χ0v) is 10.2. The first-order valence-corrected chi connectivity index (χ1v) is 6.11. The summed E-state index contributed by atoms with van der Waals surface area (Å²) in [5, 5.41) is 10.4. The number of rotatable bonds is 1. The van der Waals surface area contributed by atoms with Crippen LogP contribution in [0.5, 0.6) is 0 Å². The average Bonchev–Trinajstić information content (AvgIpc) is 2.93. The molecule has 94 valence electrons. The first kappa shape index (κ1) is 11.3. The van der Waals surface area contributed by atoms with Crippen molar-refractivity contribution in [3.05, 3.63) is 35.6 Å². The largest absolute Gasteiger partial charge is 0.451 e. The van der Waals surface area contributed by atoms with Crippen LogP contribution in [0.3, 0.4) is 0 Å². The van der Waals surface area contributed by atoms with Gasteiger partial charge in [-0.2, -0.15) is 0 Å². The lowest BCUT2D eigenvalue weighted by Crippen LogP contribution is -2.29. The molecule has 18 heavy (non-hydrogen) atoms. The van der Waals surface area contributed by atoms with Gasteiger partial charge in [0.25, 0.3) is 5.91 Å². The number of fused-ring (bicyclic) bond motifs is 1. The van der Waals surface area contributed by atoms with Crippen LogP contribution in [0.25, 0.3) is 11.0 Å². The fourth-order valence-electron chi connectivity index (χ4n) is 2.35. The summed E-state index contributed by atoms with van der Waals surface area (Å²) in [5.41, 5.74) is 1.86. The number of β-amino-alcohol motifs (C(OH)–C–C–N with tert-alkyl or cyclic N) is 1. The van der Waals surface area contributed by atoms with Crippen molar-refractivity contribution in [1.29, 1.82) is 0 Å². The molecule has 0 bridgehead atoms. The number of aliphatic hydroxyl groups excluding tert-OH is 1. The molecule has 1 aromatic heterocycles. The van der Waals surface area contributed by atoms with Gasteiger partial charge in [-0.25, -0.2) is 0 Å². The summed E-state index contributed by atoms with van der Waals surface area (Å²) in [6, 6.07) is 7.60. The van der Waals surface area contributed by atoms with Crippen molar-refractivity contribution in [2.75, 3.05) is 13.1 Å². The number of benzene rings is 1. The minimum Gasteiger partial charge on any atom is -0.451 e. The van der Waals surface area contributed by atoms with Crippen LogP contribution in [0.15, 0.2) is 28.7 Å². The van der Waals surface area contributed by atoms with E-state index in [1.807, 2.05) is 25.1 Å². The molecule has 0 aliphatic carbocycles. The maximum Gasteiger partial charge on any atom is 0.289 e. The van der Waals surface area contributed by atoms with Crippen LogP contribution in [0.2, 0.25) is 0 Å². The predicted octanol–water partition coefficient (Wildman–Crippen LogP) is 1.95. The lowest BCUT2D eigenvalue weighted by atomic mass is 10.2. The third kappa shape index (κ3) is 1.88. The molecule has 4 heteroatoms. The standard InChI is InChI=1S/C14H15NO3/c1-9-2-3-12-10(6-9)7-13(18-12)14(17)15-5-4-11(16)8-15/h2-3,6-7,11,16H,4-5,8H2,1H3/t11-/m0/s1. The fraction of sp³-hybridized carbons (Fsp3) is 0.357. The first-order valence-electron chi connectivity index (χ1n) is 6.11. The van der Waals surface area contributed by atoms with Crippen LogP contribution in [0, 0.1) is 6.92 Å². The summed E-state index contributed by atoms with van der Waals surface area (Å²) in [5.74, 6) is 0.213. The van der Waals surface area contributed by atoms with Gasteiger partial charge < -0.3 is 14.4 Å². The van der Waals surface area contributed by atoms with Crippen molar-refractivity contribution >= 4 is 16.9 Å². The molecule has 0 unspecified atom stereocenters. The molecule has 0 radical (unpaired) electrons. The molecule has 4 nitrogen and oxygen atoms in total. The summed E-state index contributed by atoms with van der Waals surface area (Å²) < 4.78 is 5.56. The van der Waals surface area contributed by atoms with Crippen molar-refractivity contribution < 1.29 is 14.3 Å². The molecule has 1 aliphatic rings. The number of likely N-dealkylation sites (tertiary alicyclic amines) is 1. The van der Waals surface area contributed by atoms with Crippen LogP contribution in [0.4, 0.5) is 0 Å². The number of nitrogens with zero attached hydrogens (tertiary/aromatic N) is 1. The molecule has 0 spiro atoms. The maximum absolute atomic E-state index is 12.2. The minimum absolute atomic E-state index is 0.139. The second-order valence-electron chi connectivity index (χ2n) is 4.85. The van der Waals surface area contributed by atoms with Gasteiger partial charge in [0, 0.05) is 18.5 Å². The summed E-state index contributed by atoms with van der Waals surface area (Å²) >= 11 is 0. The SMILES string of the molecule is Cc1ccc2oc(C(=O)N3CC[C@H](O)C3)cc2c1. The van der Waals surface area contributed by atoms with Crippen molar-refractivity contribution in [3.63, 3.8) is 0 Å². The van der Waals surface area contributed by atoms with Gasteiger partial charge in [0.15, 0.2) is 5.76 Å². The monoisotopic (exact) mass is 245 g/mol. The smallest absolute Gasteiger partial charge is 0.289 e. The summed E-state index contributed by atoms with van der Waals surface area (Å²) in [6.45, 7) is 3.00. The van der Waals surface area contributed by atoms with E-state index in [2.05, 4.69) is 0 Å². The third-order valence-electron chi connectivity index (χ3n) is 3.33. The molecule has 1 amide bonds. The Bertz CT molecular complexity index is 602. The van der Waals surface area contributed by atoms with Crippen LogP contribution in [-0.4, -0.2) is 35.1 Å². The van der Waals surface area contributed by atoms with Crippen molar-refractivity contribution in [2.45, 2.75) is 19.4 Å².